The number of urea groups is 1. The lowest BCUT2D eigenvalue weighted by Crippen LogP contribution is -2.39. The van der Waals surface area contributed by atoms with Gasteiger partial charge in [0.05, 0.1) is 25.0 Å². The molecule has 0 radical (unpaired) electrons. The molecule has 2 aromatic carbocycles. The number of rotatable bonds is 4. The normalized spacial score (nSPS) is 12.9. The van der Waals surface area contributed by atoms with Crippen LogP contribution in [-0.2, 0) is 13.0 Å². The van der Waals surface area contributed by atoms with Gasteiger partial charge in [0.25, 0.3) is 0 Å². The Morgan fingerprint density at radius 3 is 2.67 bits per heavy atom. The van der Waals surface area contributed by atoms with Crippen LogP contribution in [0.3, 0.4) is 0 Å². The monoisotopic (exact) mass is 426 g/mol. The molecule has 9 heteroatoms. The van der Waals surface area contributed by atoms with Crippen molar-refractivity contribution in [3.05, 3.63) is 70.5 Å². The van der Waals surface area contributed by atoms with Crippen molar-refractivity contribution >= 4 is 29.3 Å². The van der Waals surface area contributed by atoms with Crippen LogP contribution in [0.1, 0.15) is 21.7 Å². The van der Waals surface area contributed by atoms with E-state index in [2.05, 4.69) is 10.4 Å². The zero-order chi connectivity index (χ0) is 21.3. The molecular formula is C21H19ClN4O4. The molecule has 0 saturated heterocycles. The fourth-order valence-corrected chi connectivity index (χ4v) is 3.59. The van der Waals surface area contributed by atoms with E-state index < -0.39 is 5.97 Å². The maximum Gasteiger partial charge on any atom is 0.356 e. The summed E-state index contributed by atoms with van der Waals surface area (Å²) in [7, 11) is 1.55. The number of methoxy groups -OCH3 is 1. The second kappa shape index (κ2) is 8.08. The predicted molar refractivity (Wildman–Crippen MR) is 112 cm³/mol. The van der Waals surface area contributed by atoms with E-state index >= 15 is 0 Å². The molecular weight excluding hydrogens is 408 g/mol. The van der Waals surface area contributed by atoms with Crippen LogP contribution in [0.25, 0.3) is 5.69 Å². The number of carbonyl (C=O) groups is 2. The van der Waals surface area contributed by atoms with E-state index in [4.69, 9.17) is 16.3 Å². The predicted octanol–water partition coefficient (Wildman–Crippen LogP) is 3.82. The van der Waals surface area contributed by atoms with E-state index in [0.29, 0.717) is 35.0 Å². The maximum atomic E-state index is 12.8. The molecule has 4 rings (SSSR count). The van der Waals surface area contributed by atoms with Gasteiger partial charge in [0.2, 0.25) is 0 Å². The molecule has 0 atom stereocenters. The molecule has 3 aromatic rings. The highest BCUT2D eigenvalue weighted by atomic mass is 35.5. The number of amides is 2. The smallest absolute Gasteiger partial charge is 0.356 e. The van der Waals surface area contributed by atoms with Gasteiger partial charge in [0, 0.05) is 35.3 Å². The maximum absolute atomic E-state index is 12.8. The minimum Gasteiger partial charge on any atom is -0.497 e. The van der Waals surface area contributed by atoms with E-state index in [9.17, 15) is 14.7 Å². The molecule has 0 spiro atoms. The van der Waals surface area contributed by atoms with Crippen molar-refractivity contribution in [3.63, 3.8) is 0 Å². The molecule has 0 bridgehead atoms. The molecule has 1 aromatic heterocycles. The Balaban J connectivity index is 1.60. The Labute approximate surface area is 177 Å². The molecule has 1 aliphatic heterocycles. The number of hydrogen-bond acceptors (Lipinski definition) is 4. The first kappa shape index (κ1) is 19.8. The molecule has 8 nitrogen and oxygen atoms in total. The average molecular weight is 427 g/mol. The SMILES string of the molecule is COc1cccc(NC(=O)N2CCc3c(c(C(=O)O)nn3-c3ccc(Cl)cc3)C2)c1. The zero-order valence-corrected chi connectivity index (χ0v) is 16.9. The summed E-state index contributed by atoms with van der Waals surface area (Å²) in [5, 5.41) is 17.3. The lowest BCUT2D eigenvalue weighted by Gasteiger charge is -2.28. The topological polar surface area (TPSA) is 96.7 Å². The lowest BCUT2D eigenvalue weighted by molar-refractivity contribution is 0.0687. The molecule has 2 heterocycles. The van der Waals surface area contributed by atoms with Gasteiger partial charge in [0.15, 0.2) is 5.69 Å². The number of anilines is 1. The van der Waals surface area contributed by atoms with E-state index in [1.807, 2.05) is 0 Å². The van der Waals surface area contributed by atoms with E-state index in [0.717, 1.165) is 11.4 Å². The summed E-state index contributed by atoms with van der Waals surface area (Å²) < 4.78 is 6.79. The van der Waals surface area contributed by atoms with Gasteiger partial charge >= 0.3 is 12.0 Å². The van der Waals surface area contributed by atoms with Gasteiger partial charge in [-0.15, -0.1) is 0 Å². The number of fused-ring (bicyclic) bond motifs is 1. The Kier molecular flexibility index (Phi) is 5.33. The minimum absolute atomic E-state index is 0.0566. The number of nitrogens with zero attached hydrogens (tertiary/aromatic N) is 3. The number of benzene rings is 2. The van der Waals surface area contributed by atoms with Crippen molar-refractivity contribution in [3.8, 4) is 11.4 Å². The second-order valence-electron chi connectivity index (χ2n) is 6.80. The summed E-state index contributed by atoms with van der Waals surface area (Å²) in [5.41, 5.74) is 2.57. The van der Waals surface area contributed by atoms with Gasteiger partial charge < -0.3 is 20.1 Å². The molecule has 0 aliphatic carbocycles. The van der Waals surface area contributed by atoms with E-state index in [-0.39, 0.29) is 18.3 Å². The highest BCUT2D eigenvalue weighted by Gasteiger charge is 2.30. The van der Waals surface area contributed by atoms with Crippen molar-refractivity contribution in [1.29, 1.82) is 0 Å². The standard InChI is InChI=1S/C21H19ClN4O4/c1-30-16-4-2-3-14(11-16)23-21(29)25-10-9-18-17(12-25)19(20(27)28)24-26(18)15-7-5-13(22)6-8-15/h2-8,11H,9-10,12H2,1H3,(H,23,29)(H,27,28). The van der Waals surface area contributed by atoms with Gasteiger partial charge in [0.1, 0.15) is 5.75 Å². The van der Waals surface area contributed by atoms with Crippen LogP contribution in [0.2, 0.25) is 5.02 Å². The Bertz CT molecular complexity index is 1110. The second-order valence-corrected chi connectivity index (χ2v) is 7.24. The minimum atomic E-state index is -1.13. The van der Waals surface area contributed by atoms with Gasteiger partial charge in [-0.2, -0.15) is 5.10 Å². The first-order valence-electron chi connectivity index (χ1n) is 9.26. The first-order chi connectivity index (χ1) is 14.5. The van der Waals surface area contributed by atoms with Crippen molar-refractivity contribution in [2.75, 3.05) is 19.0 Å². The molecule has 154 valence electrons. The third-order valence-electron chi connectivity index (χ3n) is 4.94. The Morgan fingerprint density at radius 1 is 1.20 bits per heavy atom. The quantitative estimate of drug-likeness (QED) is 0.661. The number of hydrogen-bond donors (Lipinski definition) is 2. The summed E-state index contributed by atoms with van der Waals surface area (Å²) in [5.74, 6) is -0.500. The highest BCUT2D eigenvalue weighted by molar-refractivity contribution is 6.30. The van der Waals surface area contributed by atoms with Crippen LogP contribution in [0.15, 0.2) is 48.5 Å². The van der Waals surface area contributed by atoms with Crippen molar-refractivity contribution in [2.45, 2.75) is 13.0 Å². The fourth-order valence-electron chi connectivity index (χ4n) is 3.46. The number of ether oxygens (including phenoxy) is 1. The summed E-state index contributed by atoms with van der Waals surface area (Å²) >= 11 is 5.95. The Hall–Kier alpha value is -3.52. The molecule has 30 heavy (non-hydrogen) atoms. The van der Waals surface area contributed by atoms with E-state index in [1.54, 1.807) is 65.2 Å². The summed E-state index contributed by atoms with van der Waals surface area (Å²) in [6, 6.07) is 13.7. The number of carboxylic acid groups (broad SMARTS) is 1. The van der Waals surface area contributed by atoms with Gasteiger partial charge in [-0.1, -0.05) is 17.7 Å². The van der Waals surface area contributed by atoms with Gasteiger partial charge in [-0.05, 0) is 36.4 Å². The molecule has 1 aliphatic rings. The van der Waals surface area contributed by atoms with Crippen LogP contribution in [0, 0.1) is 0 Å². The molecule has 2 amide bonds. The molecule has 0 fully saturated rings. The van der Waals surface area contributed by atoms with Crippen molar-refractivity contribution in [1.82, 2.24) is 14.7 Å². The number of halogens is 1. The summed E-state index contributed by atoms with van der Waals surface area (Å²) in [6.45, 7) is 0.585. The summed E-state index contributed by atoms with van der Waals surface area (Å²) in [4.78, 5) is 26.1. The Morgan fingerprint density at radius 2 is 1.97 bits per heavy atom. The number of carbonyl (C=O) groups excluding carboxylic acids is 1. The third kappa shape index (κ3) is 3.81. The molecule has 0 unspecified atom stereocenters. The number of nitrogens with one attached hydrogen (secondary N) is 1. The van der Waals surface area contributed by atoms with Gasteiger partial charge in [-0.25, -0.2) is 14.3 Å². The van der Waals surface area contributed by atoms with Gasteiger partial charge in [-0.3, -0.25) is 0 Å². The lowest BCUT2D eigenvalue weighted by atomic mass is 10.1. The van der Waals surface area contributed by atoms with Crippen LogP contribution in [0.5, 0.6) is 5.75 Å². The van der Waals surface area contributed by atoms with Crippen molar-refractivity contribution in [2.24, 2.45) is 0 Å². The van der Waals surface area contributed by atoms with Crippen LogP contribution < -0.4 is 10.1 Å². The first-order valence-corrected chi connectivity index (χ1v) is 9.64. The van der Waals surface area contributed by atoms with E-state index in [1.165, 1.54) is 0 Å². The fraction of sp³-hybridized carbons (Fsp3) is 0.190. The van der Waals surface area contributed by atoms with Crippen molar-refractivity contribution < 1.29 is 19.4 Å². The third-order valence-corrected chi connectivity index (χ3v) is 5.19. The summed E-state index contributed by atoms with van der Waals surface area (Å²) in [6.07, 6.45) is 0.476. The zero-order valence-electron chi connectivity index (χ0n) is 16.1. The van der Waals surface area contributed by atoms with Crippen LogP contribution in [-0.4, -0.2) is 45.4 Å². The number of aromatic nitrogens is 2. The highest BCUT2D eigenvalue weighted by Crippen LogP contribution is 2.27. The largest absolute Gasteiger partial charge is 0.497 e. The van der Waals surface area contributed by atoms with Crippen LogP contribution >= 0.6 is 11.6 Å². The molecule has 2 N–H and O–H groups in total. The van der Waals surface area contributed by atoms with Crippen LogP contribution in [0.4, 0.5) is 10.5 Å². The number of carboxylic acids is 1. The molecule has 0 saturated carbocycles. The number of aromatic carboxylic acids is 1. The average Bonchev–Trinajstić information content (AvgIpc) is 3.13.